The highest BCUT2D eigenvalue weighted by atomic mass is 16.4. The van der Waals surface area contributed by atoms with Gasteiger partial charge in [0.2, 0.25) is 0 Å². The van der Waals surface area contributed by atoms with Gasteiger partial charge in [-0.25, -0.2) is 4.79 Å². The van der Waals surface area contributed by atoms with Crippen LogP contribution in [0.1, 0.15) is 27.9 Å². The van der Waals surface area contributed by atoms with E-state index in [2.05, 4.69) is 17.3 Å². The first-order valence-corrected chi connectivity index (χ1v) is 7.62. The SMILES string of the molecule is CN1CCc2cc(C(=O)N3CCC(NC(=O)O)C3)ccc2C1. The van der Waals surface area contributed by atoms with E-state index in [1.165, 1.54) is 11.1 Å². The first kappa shape index (κ1) is 14.8. The van der Waals surface area contributed by atoms with Gasteiger partial charge in [-0.15, -0.1) is 0 Å². The van der Waals surface area contributed by atoms with Crippen molar-refractivity contribution in [3.63, 3.8) is 0 Å². The molecule has 1 atom stereocenters. The van der Waals surface area contributed by atoms with Crippen LogP contribution in [0.15, 0.2) is 18.2 Å². The molecule has 1 fully saturated rings. The maximum atomic E-state index is 12.6. The summed E-state index contributed by atoms with van der Waals surface area (Å²) in [6, 6.07) is 5.77. The molecule has 2 N–H and O–H groups in total. The number of rotatable bonds is 2. The number of carbonyl (C=O) groups is 2. The maximum Gasteiger partial charge on any atom is 0.404 e. The number of fused-ring (bicyclic) bond motifs is 1. The van der Waals surface area contributed by atoms with Gasteiger partial charge in [-0.1, -0.05) is 6.07 Å². The number of likely N-dealkylation sites (N-methyl/N-ethyl adjacent to an activating group) is 1. The average molecular weight is 303 g/mol. The molecule has 1 aromatic carbocycles. The number of carbonyl (C=O) groups excluding carboxylic acids is 1. The second kappa shape index (κ2) is 5.96. The molecule has 3 rings (SSSR count). The molecule has 0 spiro atoms. The summed E-state index contributed by atoms with van der Waals surface area (Å²) in [6.07, 6.45) is 0.612. The number of likely N-dealkylation sites (tertiary alicyclic amines) is 1. The fourth-order valence-electron chi connectivity index (χ4n) is 3.25. The standard InChI is InChI=1S/C16H21N3O3/c1-18-6-4-11-8-12(2-3-13(11)9-18)15(20)19-7-5-14(10-19)17-16(21)22/h2-3,8,14,17H,4-7,9-10H2,1H3,(H,21,22). The van der Waals surface area contributed by atoms with Gasteiger partial charge in [0, 0.05) is 31.7 Å². The average Bonchev–Trinajstić information content (AvgIpc) is 2.93. The van der Waals surface area contributed by atoms with E-state index in [0.717, 1.165) is 19.5 Å². The summed E-state index contributed by atoms with van der Waals surface area (Å²) in [4.78, 5) is 27.2. The Labute approximate surface area is 129 Å². The molecular formula is C16H21N3O3. The maximum absolute atomic E-state index is 12.6. The van der Waals surface area contributed by atoms with Gasteiger partial charge in [-0.2, -0.15) is 0 Å². The fraction of sp³-hybridized carbons (Fsp3) is 0.500. The summed E-state index contributed by atoms with van der Waals surface area (Å²) >= 11 is 0. The molecule has 0 bridgehead atoms. The smallest absolute Gasteiger partial charge is 0.404 e. The van der Waals surface area contributed by atoms with Crippen LogP contribution in [0.5, 0.6) is 0 Å². The molecule has 0 saturated carbocycles. The van der Waals surface area contributed by atoms with Gasteiger partial charge in [0.1, 0.15) is 0 Å². The van der Waals surface area contributed by atoms with Gasteiger partial charge < -0.3 is 20.2 Å². The summed E-state index contributed by atoms with van der Waals surface area (Å²) in [7, 11) is 2.10. The van der Waals surface area contributed by atoms with Gasteiger partial charge >= 0.3 is 6.09 Å². The molecule has 22 heavy (non-hydrogen) atoms. The molecule has 1 unspecified atom stereocenters. The fourth-order valence-corrected chi connectivity index (χ4v) is 3.25. The predicted molar refractivity (Wildman–Crippen MR) is 81.9 cm³/mol. The molecule has 0 radical (unpaired) electrons. The van der Waals surface area contributed by atoms with Crippen molar-refractivity contribution in [1.29, 1.82) is 0 Å². The number of hydrogen-bond acceptors (Lipinski definition) is 3. The normalized spacial score (nSPS) is 21.5. The number of nitrogens with one attached hydrogen (secondary N) is 1. The van der Waals surface area contributed by atoms with Gasteiger partial charge in [-0.3, -0.25) is 4.79 Å². The molecule has 0 aromatic heterocycles. The third kappa shape index (κ3) is 3.06. The summed E-state index contributed by atoms with van der Waals surface area (Å²) in [5.41, 5.74) is 3.25. The van der Waals surface area contributed by atoms with Crippen molar-refractivity contribution in [1.82, 2.24) is 15.1 Å². The quantitative estimate of drug-likeness (QED) is 0.860. The lowest BCUT2D eigenvalue weighted by Gasteiger charge is -2.25. The second-order valence-corrected chi connectivity index (χ2v) is 6.16. The highest BCUT2D eigenvalue weighted by Crippen LogP contribution is 2.21. The number of benzene rings is 1. The highest BCUT2D eigenvalue weighted by molar-refractivity contribution is 5.94. The van der Waals surface area contributed by atoms with Gasteiger partial charge in [0.05, 0.1) is 6.04 Å². The number of hydrogen-bond donors (Lipinski definition) is 2. The predicted octanol–water partition coefficient (Wildman–Crippen LogP) is 1.16. The van der Waals surface area contributed by atoms with E-state index in [9.17, 15) is 9.59 Å². The molecule has 118 valence electrons. The van der Waals surface area contributed by atoms with E-state index in [4.69, 9.17) is 5.11 Å². The van der Waals surface area contributed by atoms with E-state index in [1.54, 1.807) is 4.90 Å². The number of nitrogens with zero attached hydrogens (tertiary/aromatic N) is 2. The first-order chi connectivity index (χ1) is 10.5. The molecule has 1 saturated heterocycles. The van der Waals surface area contributed by atoms with Crippen molar-refractivity contribution in [2.75, 3.05) is 26.7 Å². The van der Waals surface area contributed by atoms with Crippen LogP contribution >= 0.6 is 0 Å². The van der Waals surface area contributed by atoms with E-state index < -0.39 is 6.09 Å². The molecule has 6 nitrogen and oxygen atoms in total. The Morgan fingerprint density at radius 2 is 2.09 bits per heavy atom. The summed E-state index contributed by atoms with van der Waals surface area (Å²) in [5.74, 6) is -0.00332. The van der Waals surface area contributed by atoms with Crippen LogP contribution in [0.4, 0.5) is 4.79 Å². The lowest BCUT2D eigenvalue weighted by Crippen LogP contribution is -2.37. The monoisotopic (exact) mass is 303 g/mol. The molecular weight excluding hydrogens is 282 g/mol. The first-order valence-electron chi connectivity index (χ1n) is 7.62. The van der Waals surface area contributed by atoms with Crippen molar-refractivity contribution >= 4 is 12.0 Å². The van der Waals surface area contributed by atoms with Crippen molar-refractivity contribution in [3.8, 4) is 0 Å². The Bertz CT molecular complexity index is 602. The van der Waals surface area contributed by atoms with E-state index in [-0.39, 0.29) is 11.9 Å². The molecule has 6 heteroatoms. The lowest BCUT2D eigenvalue weighted by atomic mass is 9.97. The van der Waals surface area contributed by atoms with E-state index >= 15 is 0 Å². The van der Waals surface area contributed by atoms with Crippen molar-refractivity contribution in [2.24, 2.45) is 0 Å². The Morgan fingerprint density at radius 1 is 1.27 bits per heavy atom. The zero-order chi connectivity index (χ0) is 15.7. The summed E-state index contributed by atoms with van der Waals surface area (Å²) < 4.78 is 0. The topological polar surface area (TPSA) is 72.9 Å². The van der Waals surface area contributed by atoms with Crippen molar-refractivity contribution < 1.29 is 14.7 Å². The Hall–Kier alpha value is -2.08. The minimum Gasteiger partial charge on any atom is -0.465 e. The Morgan fingerprint density at radius 3 is 2.86 bits per heavy atom. The molecule has 0 aliphatic carbocycles. The van der Waals surface area contributed by atoms with Crippen LogP contribution in [0.3, 0.4) is 0 Å². The minimum absolute atomic E-state index is 0.00332. The van der Waals surface area contributed by atoms with Crippen molar-refractivity contribution in [2.45, 2.75) is 25.4 Å². The number of amides is 2. The molecule has 1 aromatic rings. The van der Waals surface area contributed by atoms with Crippen LogP contribution in [-0.2, 0) is 13.0 Å². The lowest BCUT2D eigenvalue weighted by molar-refractivity contribution is 0.0788. The molecule has 2 amide bonds. The highest BCUT2D eigenvalue weighted by Gasteiger charge is 2.28. The van der Waals surface area contributed by atoms with Crippen LogP contribution in [0, 0.1) is 0 Å². The van der Waals surface area contributed by atoms with Crippen LogP contribution < -0.4 is 5.32 Å². The summed E-state index contributed by atoms with van der Waals surface area (Å²) in [5, 5.41) is 11.2. The zero-order valence-electron chi connectivity index (χ0n) is 12.7. The number of carboxylic acid groups (broad SMARTS) is 1. The molecule has 2 heterocycles. The Kier molecular flexibility index (Phi) is 4.02. The zero-order valence-corrected chi connectivity index (χ0v) is 12.7. The van der Waals surface area contributed by atoms with Crippen LogP contribution in [0.2, 0.25) is 0 Å². The second-order valence-electron chi connectivity index (χ2n) is 6.16. The third-order valence-corrected chi connectivity index (χ3v) is 4.46. The van der Waals surface area contributed by atoms with E-state index in [1.807, 2.05) is 18.2 Å². The molecule has 2 aliphatic rings. The van der Waals surface area contributed by atoms with Gasteiger partial charge in [-0.05, 0) is 43.1 Å². The third-order valence-electron chi connectivity index (χ3n) is 4.46. The van der Waals surface area contributed by atoms with Gasteiger partial charge in [0.25, 0.3) is 5.91 Å². The summed E-state index contributed by atoms with van der Waals surface area (Å²) in [6.45, 7) is 2.99. The Balaban J connectivity index is 1.69. The van der Waals surface area contributed by atoms with Crippen LogP contribution in [-0.4, -0.2) is 59.6 Å². The van der Waals surface area contributed by atoms with Gasteiger partial charge in [0.15, 0.2) is 0 Å². The molecule has 2 aliphatic heterocycles. The largest absolute Gasteiger partial charge is 0.465 e. The minimum atomic E-state index is -1.03. The van der Waals surface area contributed by atoms with Crippen molar-refractivity contribution in [3.05, 3.63) is 34.9 Å². The van der Waals surface area contributed by atoms with Crippen LogP contribution in [0.25, 0.3) is 0 Å². The van der Waals surface area contributed by atoms with E-state index in [0.29, 0.717) is 25.1 Å².